The lowest BCUT2D eigenvalue weighted by Gasteiger charge is -2.34. The molecule has 0 bridgehead atoms. The SMILES string of the molecule is CCCC(C)(CN(C)C(CC)CC)C(=O)O. The minimum absolute atomic E-state index is 0.496. The molecule has 0 amide bonds. The summed E-state index contributed by atoms with van der Waals surface area (Å²) in [6, 6.07) is 0.496. The van der Waals surface area contributed by atoms with Gasteiger partial charge in [0.15, 0.2) is 0 Å². The second kappa shape index (κ2) is 6.89. The van der Waals surface area contributed by atoms with E-state index in [9.17, 15) is 9.90 Å². The monoisotopic (exact) mass is 229 g/mol. The minimum atomic E-state index is -0.674. The Morgan fingerprint density at radius 1 is 1.31 bits per heavy atom. The summed E-state index contributed by atoms with van der Waals surface area (Å²) in [7, 11) is 2.04. The number of aliphatic carboxylic acids is 1. The van der Waals surface area contributed by atoms with Crippen molar-refractivity contribution >= 4 is 5.97 Å². The Kier molecular flexibility index (Phi) is 6.65. The molecular weight excluding hydrogens is 202 g/mol. The van der Waals surface area contributed by atoms with Gasteiger partial charge in [-0.1, -0.05) is 27.2 Å². The first kappa shape index (κ1) is 15.4. The molecular formula is C13H27NO2. The molecule has 0 aromatic rings. The van der Waals surface area contributed by atoms with Gasteiger partial charge in [-0.2, -0.15) is 0 Å². The minimum Gasteiger partial charge on any atom is -0.481 e. The summed E-state index contributed by atoms with van der Waals surface area (Å²) in [4.78, 5) is 13.5. The summed E-state index contributed by atoms with van der Waals surface area (Å²) < 4.78 is 0. The fourth-order valence-corrected chi connectivity index (χ4v) is 2.40. The van der Waals surface area contributed by atoms with Crippen molar-refractivity contribution in [1.29, 1.82) is 0 Å². The van der Waals surface area contributed by atoms with E-state index in [2.05, 4.69) is 18.7 Å². The fourth-order valence-electron chi connectivity index (χ4n) is 2.40. The standard InChI is InChI=1S/C13H27NO2/c1-6-9-13(4,12(15)16)10-14(5)11(7-2)8-3/h11H,6-10H2,1-5H3,(H,15,16). The van der Waals surface area contributed by atoms with Crippen LogP contribution in [0.1, 0.15) is 53.4 Å². The van der Waals surface area contributed by atoms with Crippen molar-refractivity contribution in [3.8, 4) is 0 Å². The van der Waals surface area contributed by atoms with Crippen LogP contribution in [0.2, 0.25) is 0 Å². The lowest BCUT2D eigenvalue weighted by molar-refractivity contribution is -0.149. The number of nitrogens with zero attached hydrogens (tertiary/aromatic N) is 1. The molecule has 0 aliphatic heterocycles. The molecule has 0 aliphatic rings. The summed E-state index contributed by atoms with van der Waals surface area (Å²) in [5.41, 5.74) is -0.605. The molecule has 3 nitrogen and oxygen atoms in total. The Morgan fingerprint density at radius 2 is 1.81 bits per heavy atom. The van der Waals surface area contributed by atoms with Crippen LogP contribution in [0.15, 0.2) is 0 Å². The smallest absolute Gasteiger partial charge is 0.310 e. The van der Waals surface area contributed by atoms with Crippen LogP contribution in [-0.4, -0.2) is 35.6 Å². The summed E-state index contributed by atoms with van der Waals surface area (Å²) in [5.74, 6) is -0.674. The summed E-state index contributed by atoms with van der Waals surface area (Å²) >= 11 is 0. The van der Waals surface area contributed by atoms with Gasteiger partial charge < -0.3 is 10.0 Å². The Morgan fingerprint density at radius 3 is 2.12 bits per heavy atom. The predicted octanol–water partition coefficient (Wildman–Crippen LogP) is 3.00. The molecule has 96 valence electrons. The third kappa shape index (κ3) is 4.12. The Hall–Kier alpha value is -0.570. The number of carbonyl (C=O) groups is 1. The maximum atomic E-state index is 11.3. The van der Waals surface area contributed by atoms with Gasteiger partial charge in [0, 0.05) is 12.6 Å². The molecule has 3 heteroatoms. The van der Waals surface area contributed by atoms with Crippen molar-refractivity contribution in [2.75, 3.05) is 13.6 Å². The first-order chi connectivity index (χ1) is 7.41. The average Bonchev–Trinajstić information content (AvgIpc) is 2.19. The molecule has 0 heterocycles. The molecule has 0 saturated carbocycles. The third-order valence-electron chi connectivity index (χ3n) is 3.48. The van der Waals surface area contributed by atoms with E-state index in [1.807, 2.05) is 20.9 Å². The van der Waals surface area contributed by atoms with Gasteiger partial charge in [0.1, 0.15) is 0 Å². The number of carboxylic acids is 1. The van der Waals surface area contributed by atoms with Crippen LogP contribution >= 0.6 is 0 Å². The van der Waals surface area contributed by atoms with Gasteiger partial charge in [0.05, 0.1) is 5.41 Å². The van der Waals surface area contributed by atoms with Crippen LogP contribution in [-0.2, 0) is 4.79 Å². The van der Waals surface area contributed by atoms with Crippen molar-refractivity contribution in [2.45, 2.75) is 59.4 Å². The molecule has 0 aromatic carbocycles. The highest BCUT2D eigenvalue weighted by Crippen LogP contribution is 2.26. The van der Waals surface area contributed by atoms with Crippen LogP contribution in [0.5, 0.6) is 0 Å². The molecule has 1 N–H and O–H groups in total. The first-order valence-corrected chi connectivity index (χ1v) is 6.34. The third-order valence-corrected chi connectivity index (χ3v) is 3.48. The van der Waals surface area contributed by atoms with Crippen LogP contribution in [0.3, 0.4) is 0 Å². The highest BCUT2D eigenvalue weighted by atomic mass is 16.4. The maximum absolute atomic E-state index is 11.3. The van der Waals surface area contributed by atoms with Gasteiger partial charge >= 0.3 is 5.97 Å². The summed E-state index contributed by atoms with van der Waals surface area (Å²) in [5, 5.41) is 9.31. The Balaban J connectivity index is 4.56. The van der Waals surface area contributed by atoms with Gasteiger partial charge in [0.2, 0.25) is 0 Å². The van der Waals surface area contributed by atoms with Gasteiger partial charge in [-0.05, 0) is 33.2 Å². The molecule has 1 atom stereocenters. The lowest BCUT2D eigenvalue weighted by Crippen LogP contribution is -2.43. The predicted molar refractivity (Wildman–Crippen MR) is 67.7 cm³/mol. The topological polar surface area (TPSA) is 40.5 Å². The van der Waals surface area contributed by atoms with Gasteiger partial charge in [-0.3, -0.25) is 4.79 Å². The van der Waals surface area contributed by atoms with E-state index in [1.165, 1.54) is 0 Å². The molecule has 0 spiro atoms. The van der Waals surface area contributed by atoms with Crippen molar-refractivity contribution < 1.29 is 9.90 Å². The molecule has 0 saturated heterocycles. The number of hydrogen-bond donors (Lipinski definition) is 1. The first-order valence-electron chi connectivity index (χ1n) is 6.34. The van der Waals surface area contributed by atoms with E-state index < -0.39 is 11.4 Å². The fraction of sp³-hybridized carbons (Fsp3) is 0.923. The maximum Gasteiger partial charge on any atom is 0.310 e. The quantitative estimate of drug-likeness (QED) is 0.695. The lowest BCUT2D eigenvalue weighted by atomic mass is 9.84. The van der Waals surface area contributed by atoms with Gasteiger partial charge in [-0.25, -0.2) is 0 Å². The molecule has 0 radical (unpaired) electrons. The molecule has 0 aliphatic carbocycles. The van der Waals surface area contributed by atoms with Gasteiger partial charge in [0.25, 0.3) is 0 Å². The highest BCUT2D eigenvalue weighted by molar-refractivity contribution is 5.74. The number of rotatable bonds is 8. The Bertz CT molecular complexity index is 214. The molecule has 0 aromatic heterocycles. The summed E-state index contributed by atoms with van der Waals surface area (Å²) in [6.45, 7) is 8.85. The van der Waals surface area contributed by atoms with E-state index in [-0.39, 0.29) is 0 Å². The van der Waals surface area contributed by atoms with Crippen LogP contribution in [0.4, 0.5) is 0 Å². The zero-order valence-electron chi connectivity index (χ0n) is 11.4. The van der Waals surface area contributed by atoms with Crippen LogP contribution in [0.25, 0.3) is 0 Å². The second-order valence-corrected chi connectivity index (χ2v) is 5.00. The summed E-state index contributed by atoms with van der Waals surface area (Å²) in [6.07, 6.45) is 3.82. The van der Waals surface area contributed by atoms with Crippen LogP contribution < -0.4 is 0 Å². The van der Waals surface area contributed by atoms with Crippen molar-refractivity contribution in [2.24, 2.45) is 5.41 Å². The highest BCUT2D eigenvalue weighted by Gasteiger charge is 2.34. The largest absolute Gasteiger partial charge is 0.481 e. The Labute approximate surface area is 99.8 Å². The second-order valence-electron chi connectivity index (χ2n) is 5.00. The van der Waals surface area contributed by atoms with Crippen LogP contribution in [0, 0.1) is 5.41 Å². The van der Waals surface area contributed by atoms with E-state index >= 15 is 0 Å². The van der Waals surface area contributed by atoms with Crippen molar-refractivity contribution in [3.05, 3.63) is 0 Å². The van der Waals surface area contributed by atoms with E-state index in [0.717, 1.165) is 25.7 Å². The zero-order chi connectivity index (χ0) is 12.8. The van der Waals surface area contributed by atoms with E-state index in [1.54, 1.807) is 0 Å². The van der Waals surface area contributed by atoms with Gasteiger partial charge in [-0.15, -0.1) is 0 Å². The van der Waals surface area contributed by atoms with E-state index in [0.29, 0.717) is 12.6 Å². The van der Waals surface area contributed by atoms with E-state index in [4.69, 9.17) is 0 Å². The number of hydrogen-bond acceptors (Lipinski definition) is 2. The molecule has 0 fully saturated rings. The number of carboxylic acid groups (broad SMARTS) is 1. The average molecular weight is 229 g/mol. The molecule has 0 rings (SSSR count). The van der Waals surface area contributed by atoms with Crippen molar-refractivity contribution in [1.82, 2.24) is 4.90 Å². The molecule has 1 unspecified atom stereocenters. The normalized spacial score (nSPS) is 15.4. The van der Waals surface area contributed by atoms with Crippen molar-refractivity contribution in [3.63, 3.8) is 0 Å². The zero-order valence-corrected chi connectivity index (χ0v) is 11.4. The molecule has 16 heavy (non-hydrogen) atoms.